The molecule has 5 rings (SSSR count). The van der Waals surface area contributed by atoms with Gasteiger partial charge in [0.25, 0.3) is 0 Å². The molecule has 0 aliphatic carbocycles. The topological polar surface area (TPSA) is 241 Å². The van der Waals surface area contributed by atoms with Crippen molar-refractivity contribution in [2.24, 2.45) is 0 Å². The van der Waals surface area contributed by atoms with Crippen LogP contribution in [0.2, 0.25) is 0 Å². The summed E-state index contributed by atoms with van der Waals surface area (Å²) in [4.78, 5) is 37.5. The Bertz CT molecular complexity index is 1690. The maximum absolute atomic E-state index is 14.0. The molecule has 47 heavy (non-hydrogen) atoms. The molecule has 3 heterocycles. The van der Waals surface area contributed by atoms with Gasteiger partial charge in [-0.05, 0) is 38.1 Å². The Morgan fingerprint density at radius 2 is 1.34 bits per heavy atom. The first-order valence-corrected chi connectivity index (χ1v) is 14.5. The van der Waals surface area contributed by atoms with Gasteiger partial charge in [0.1, 0.15) is 46.5 Å². The highest BCUT2D eigenvalue weighted by Gasteiger charge is 2.49. The van der Waals surface area contributed by atoms with Crippen molar-refractivity contribution < 1.29 is 73.1 Å². The lowest BCUT2D eigenvalue weighted by Crippen LogP contribution is -2.61. The van der Waals surface area contributed by atoms with E-state index in [9.17, 15) is 45.0 Å². The van der Waals surface area contributed by atoms with E-state index in [0.717, 1.165) is 19.9 Å². The molecular formula is C31H34O16. The number of aliphatic hydroxyl groups is 4. The van der Waals surface area contributed by atoms with E-state index >= 15 is 0 Å². The SMILES string of the molecule is CC(=O)O[C@@H]1[C@@H](OC(C)=O)[C@H](O)[C@@H](Oc2c(-c3ccc(O)cc3)oc3cc(O[C@H]4O[C@@H](C)[C@H](O)[C@H](O)[C@@H]4O)cc(O)c3c2=O)O[C@H]1C. The van der Waals surface area contributed by atoms with Crippen LogP contribution in [0.1, 0.15) is 27.7 Å². The minimum absolute atomic E-state index is 0.110. The lowest BCUT2D eigenvalue weighted by molar-refractivity contribution is -0.276. The lowest BCUT2D eigenvalue weighted by Gasteiger charge is -2.41. The minimum Gasteiger partial charge on any atom is -0.508 e. The molecular weight excluding hydrogens is 628 g/mol. The number of carbonyl (C=O) groups excluding carboxylic acids is 2. The highest BCUT2D eigenvalue weighted by Crippen LogP contribution is 2.39. The molecule has 254 valence electrons. The first kappa shape index (κ1) is 33.9. The Labute approximate surface area is 266 Å². The van der Waals surface area contributed by atoms with Gasteiger partial charge in [-0.3, -0.25) is 14.4 Å². The van der Waals surface area contributed by atoms with Gasteiger partial charge in [0.05, 0.1) is 12.2 Å². The van der Waals surface area contributed by atoms with Crippen LogP contribution in [-0.4, -0.2) is 104 Å². The monoisotopic (exact) mass is 662 g/mol. The highest BCUT2D eigenvalue weighted by atomic mass is 16.7. The van der Waals surface area contributed by atoms with Gasteiger partial charge in [0, 0.05) is 31.5 Å². The number of esters is 2. The highest BCUT2D eigenvalue weighted by molar-refractivity contribution is 5.88. The molecule has 0 bridgehead atoms. The average Bonchev–Trinajstić information content (AvgIpc) is 3.00. The first-order valence-electron chi connectivity index (χ1n) is 14.5. The van der Waals surface area contributed by atoms with E-state index in [1.165, 1.54) is 44.2 Å². The summed E-state index contributed by atoms with van der Waals surface area (Å²) >= 11 is 0. The van der Waals surface area contributed by atoms with Crippen molar-refractivity contribution >= 4 is 22.9 Å². The number of hydrogen-bond donors (Lipinski definition) is 6. The molecule has 0 saturated carbocycles. The quantitative estimate of drug-likeness (QED) is 0.188. The number of fused-ring (bicyclic) bond motifs is 1. The van der Waals surface area contributed by atoms with Gasteiger partial charge < -0.3 is 63.5 Å². The number of phenolic OH excluding ortho intramolecular Hbond substituents is 2. The van der Waals surface area contributed by atoms with Gasteiger partial charge in [0.15, 0.2) is 24.1 Å². The summed E-state index contributed by atoms with van der Waals surface area (Å²) in [5.41, 5.74) is -0.966. The van der Waals surface area contributed by atoms with E-state index in [1.807, 2.05) is 0 Å². The normalized spacial score (nSPS) is 30.8. The number of benzene rings is 2. The second kappa shape index (κ2) is 13.3. The molecule has 16 nitrogen and oxygen atoms in total. The number of aliphatic hydroxyl groups excluding tert-OH is 4. The van der Waals surface area contributed by atoms with Crippen molar-refractivity contribution in [2.75, 3.05) is 0 Å². The fourth-order valence-electron chi connectivity index (χ4n) is 5.36. The average molecular weight is 663 g/mol. The zero-order valence-corrected chi connectivity index (χ0v) is 25.5. The molecule has 0 amide bonds. The van der Waals surface area contributed by atoms with Gasteiger partial charge in [0.2, 0.25) is 23.8 Å². The molecule has 2 saturated heterocycles. The molecule has 16 heteroatoms. The summed E-state index contributed by atoms with van der Waals surface area (Å²) in [7, 11) is 0. The third-order valence-corrected chi connectivity index (χ3v) is 7.69. The van der Waals surface area contributed by atoms with E-state index in [1.54, 1.807) is 0 Å². The fourth-order valence-corrected chi connectivity index (χ4v) is 5.36. The molecule has 3 aromatic rings. The largest absolute Gasteiger partial charge is 0.508 e. The number of hydrogen-bond acceptors (Lipinski definition) is 16. The third kappa shape index (κ3) is 6.83. The van der Waals surface area contributed by atoms with Gasteiger partial charge >= 0.3 is 11.9 Å². The standard InChI is InChI=1S/C31H34O16/c1-11-21(36)23(38)24(39)30(41-11)45-17-9-18(35)20-19(10-17)46-27(15-5-7-16(34)8-6-15)28(22(20)37)47-31-25(40)29(44-14(4)33)26(12(2)42-31)43-13(3)32/h5-12,21,23-26,29-31,34-36,38-40H,1-4H3/t11-,12-,21-,23-,24-,25-,26-,29-,30+,31+/m0/s1. The van der Waals surface area contributed by atoms with E-state index in [2.05, 4.69) is 0 Å². The van der Waals surface area contributed by atoms with Crippen LogP contribution in [0.15, 0.2) is 45.6 Å². The Hall–Kier alpha value is -4.45. The summed E-state index contributed by atoms with van der Waals surface area (Å²) < 4.78 is 39.2. The van der Waals surface area contributed by atoms with Gasteiger partial charge in [-0.25, -0.2) is 0 Å². The summed E-state index contributed by atoms with van der Waals surface area (Å²) in [6.07, 6.45) is -14.2. The predicted octanol–water partition coefficient (Wildman–Crippen LogP) is 0.425. The number of rotatable bonds is 7. The summed E-state index contributed by atoms with van der Waals surface area (Å²) in [6, 6.07) is 7.62. The molecule has 10 atom stereocenters. The molecule has 2 aliphatic heterocycles. The zero-order valence-electron chi connectivity index (χ0n) is 25.5. The molecule has 6 N–H and O–H groups in total. The van der Waals surface area contributed by atoms with Crippen molar-refractivity contribution in [3.63, 3.8) is 0 Å². The van der Waals surface area contributed by atoms with Crippen LogP contribution in [0.4, 0.5) is 0 Å². The summed E-state index contributed by atoms with van der Waals surface area (Å²) in [5.74, 6) is -3.24. The van der Waals surface area contributed by atoms with Gasteiger partial charge in [-0.1, -0.05) is 0 Å². The molecule has 0 spiro atoms. The number of carbonyl (C=O) groups is 2. The van der Waals surface area contributed by atoms with E-state index in [4.69, 9.17) is 32.8 Å². The van der Waals surface area contributed by atoms with Crippen molar-refractivity contribution in [3.05, 3.63) is 46.6 Å². The summed E-state index contributed by atoms with van der Waals surface area (Å²) in [6.45, 7) is 5.13. The fraction of sp³-hybridized carbons (Fsp3) is 0.452. The third-order valence-electron chi connectivity index (χ3n) is 7.69. The maximum atomic E-state index is 14.0. The smallest absolute Gasteiger partial charge is 0.303 e. The minimum atomic E-state index is -1.79. The van der Waals surface area contributed by atoms with E-state index < -0.39 is 95.7 Å². The molecule has 2 fully saturated rings. The van der Waals surface area contributed by atoms with Crippen LogP contribution in [0, 0.1) is 0 Å². The second-order valence-electron chi connectivity index (χ2n) is 11.2. The van der Waals surface area contributed by atoms with Crippen molar-refractivity contribution in [1.82, 2.24) is 0 Å². The van der Waals surface area contributed by atoms with Crippen molar-refractivity contribution in [1.29, 1.82) is 0 Å². The maximum Gasteiger partial charge on any atom is 0.303 e. The van der Waals surface area contributed by atoms with Crippen LogP contribution in [0.5, 0.6) is 23.0 Å². The Morgan fingerprint density at radius 1 is 0.745 bits per heavy atom. The zero-order chi connectivity index (χ0) is 34.3. The van der Waals surface area contributed by atoms with Gasteiger partial charge in [-0.2, -0.15) is 0 Å². The molecule has 0 radical (unpaired) electrons. The van der Waals surface area contributed by atoms with Crippen LogP contribution in [-0.2, 0) is 28.5 Å². The number of aromatic hydroxyl groups is 2. The van der Waals surface area contributed by atoms with Gasteiger partial charge in [-0.15, -0.1) is 0 Å². The molecule has 0 unspecified atom stereocenters. The predicted molar refractivity (Wildman–Crippen MR) is 156 cm³/mol. The molecule has 2 aliphatic rings. The second-order valence-corrected chi connectivity index (χ2v) is 11.2. The number of ether oxygens (including phenoxy) is 6. The molecule has 2 aromatic carbocycles. The summed E-state index contributed by atoms with van der Waals surface area (Å²) in [5, 5.41) is 62.0. The van der Waals surface area contributed by atoms with Crippen LogP contribution < -0.4 is 14.9 Å². The van der Waals surface area contributed by atoms with E-state index in [0.29, 0.717) is 0 Å². The van der Waals surface area contributed by atoms with Crippen LogP contribution in [0.3, 0.4) is 0 Å². The Balaban J connectivity index is 1.57. The molecule has 1 aromatic heterocycles. The van der Waals surface area contributed by atoms with Crippen LogP contribution >= 0.6 is 0 Å². The first-order chi connectivity index (χ1) is 22.2. The Kier molecular flexibility index (Phi) is 9.63. The Morgan fingerprint density at radius 3 is 1.98 bits per heavy atom. The lowest BCUT2D eigenvalue weighted by atomic mass is 9.99. The number of phenols is 2. The van der Waals surface area contributed by atoms with E-state index in [-0.39, 0.29) is 28.4 Å². The van der Waals surface area contributed by atoms with Crippen molar-refractivity contribution in [3.8, 4) is 34.3 Å². The van der Waals surface area contributed by atoms with Crippen molar-refractivity contribution in [2.45, 2.75) is 89.1 Å². The van der Waals surface area contributed by atoms with Crippen LogP contribution in [0.25, 0.3) is 22.3 Å².